The van der Waals surface area contributed by atoms with Crippen molar-refractivity contribution in [3.63, 3.8) is 0 Å². The summed E-state index contributed by atoms with van der Waals surface area (Å²) in [6, 6.07) is 3.68. The van der Waals surface area contributed by atoms with Gasteiger partial charge in [-0.1, -0.05) is 19.3 Å². The lowest BCUT2D eigenvalue weighted by Gasteiger charge is -2.34. The van der Waals surface area contributed by atoms with Gasteiger partial charge in [0.1, 0.15) is 17.1 Å². The van der Waals surface area contributed by atoms with Gasteiger partial charge in [-0.3, -0.25) is 9.69 Å². The molecule has 1 saturated carbocycles. The maximum Gasteiger partial charge on any atom is 0.325 e. The number of benzene rings is 1. The molecule has 0 radical (unpaired) electrons. The molecule has 5 nitrogen and oxygen atoms in total. The molecule has 0 bridgehead atoms. The number of halogens is 1. The van der Waals surface area contributed by atoms with E-state index in [4.69, 9.17) is 4.74 Å². The third kappa shape index (κ3) is 2.85. The minimum Gasteiger partial charge on any atom is -0.496 e. The van der Waals surface area contributed by atoms with Crippen LogP contribution < -0.4 is 10.1 Å². The second kappa shape index (κ2) is 6.42. The summed E-state index contributed by atoms with van der Waals surface area (Å²) in [5, 5.41) is 2.88. The van der Waals surface area contributed by atoms with E-state index >= 15 is 0 Å². The molecule has 130 valence electrons. The van der Waals surface area contributed by atoms with Crippen LogP contribution in [0.4, 0.5) is 9.18 Å². The highest BCUT2D eigenvalue weighted by Gasteiger charge is 2.52. The van der Waals surface area contributed by atoms with Crippen molar-refractivity contribution in [3.05, 3.63) is 29.6 Å². The van der Waals surface area contributed by atoms with E-state index in [1.165, 1.54) is 36.6 Å². The van der Waals surface area contributed by atoms with Crippen LogP contribution in [0.25, 0.3) is 0 Å². The third-order valence-corrected chi connectivity index (χ3v) is 5.29. The number of methoxy groups -OCH3 is 1. The molecule has 3 rings (SSSR count). The summed E-state index contributed by atoms with van der Waals surface area (Å²) >= 11 is 0. The van der Waals surface area contributed by atoms with Crippen molar-refractivity contribution in [2.45, 2.75) is 51.1 Å². The van der Waals surface area contributed by atoms with Crippen molar-refractivity contribution in [1.29, 1.82) is 0 Å². The summed E-state index contributed by atoms with van der Waals surface area (Å²) in [5.41, 5.74) is -0.383. The van der Waals surface area contributed by atoms with Gasteiger partial charge in [0, 0.05) is 5.56 Å². The van der Waals surface area contributed by atoms with Crippen LogP contribution in [-0.4, -0.2) is 29.5 Å². The number of carbonyl (C=O) groups excluding carboxylic acids is 2. The Hall–Kier alpha value is -2.11. The Kier molecular flexibility index (Phi) is 4.47. The van der Waals surface area contributed by atoms with Gasteiger partial charge < -0.3 is 10.1 Å². The molecule has 6 heteroatoms. The summed E-state index contributed by atoms with van der Waals surface area (Å²) in [7, 11) is 1.48. The Morgan fingerprint density at radius 1 is 1.29 bits per heavy atom. The Morgan fingerprint density at radius 2 is 2.00 bits per heavy atom. The summed E-state index contributed by atoms with van der Waals surface area (Å²) in [6.45, 7) is 1.82. The van der Waals surface area contributed by atoms with Gasteiger partial charge in [-0.05, 0) is 43.9 Å². The highest BCUT2D eigenvalue weighted by atomic mass is 19.1. The molecule has 1 aliphatic heterocycles. The Labute approximate surface area is 141 Å². The summed E-state index contributed by atoms with van der Waals surface area (Å²) < 4.78 is 18.7. The molecule has 1 N–H and O–H groups in total. The quantitative estimate of drug-likeness (QED) is 0.860. The van der Waals surface area contributed by atoms with E-state index in [1.54, 1.807) is 0 Å². The molecule has 2 fully saturated rings. The highest BCUT2D eigenvalue weighted by Crippen LogP contribution is 2.37. The number of nitrogens with one attached hydrogen (secondary N) is 1. The first-order chi connectivity index (χ1) is 11.5. The van der Waals surface area contributed by atoms with Crippen LogP contribution in [0, 0.1) is 11.7 Å². The molecule has 0 unspecified atom stereocenters. The van der Waals surface area contributed by atoms with Gasteiger partial charge in [-0.2, -0.15) is 0 Å². The summed E-state index contributed by atoms with van der Waals surface area (Å²) in [6.07, 6.45) is 5.24. The Balaban J connectivity index is 1.83. The van der Waals surface area contributed by atoms with Crippen molar-refractivity contribution >= 4 is 11.9 Å². The van der Waals surface area contributed by atoms with Crippen molar-refractivity contribution in [3.8, 4) is 5.75 Å². The summed E-state index contributed by atoms with van der Waals surface area (Å²) in [5.74, 6) is -0.0380. The van der Waals surface area contributed by atoms with Crippen molar-refractivity contribution < 1.29 is 18.7 Å². The van der Waals surface area contributed by atoms with Gasteiger partial charge in [0.25, 0.3) is 5.91 Å². The molecule has 1 aliphatic carbocycles. The fourth-order valence-corrected chi connectivity index (χ4v) is 3.86. The van der Waals surface area contributed by atoms with Gasteiger partial charge >= 0.3 is 6.03 Å². The zero-order valence-corrected chi connectivity index (χ0v) is 14.1. The second-order valence-electron chi connectivity index (χ2n) is 6.81. The number of imide groups is 1. The molecule has 0 spiro atoms. The molecule has 1 heterocycles. The van der Waals surface area contributed by atoms with Gasteiger partial charge in [-0.15, -0.1) is 0 Å². The number of urea groups is 1. The van der Waals surface area contributed by atoms with E-state index in [-0.39, 0.29) is 18.4 Å². The summed E-state index contributed by atoms with van der Waals surface area (Å²) in [4.78, 5) is 26.5. The second-order valence-corrected chi connectivity index (χ2v) is 6.81. The van der Waals surface area contributed by atoms with E-state index in [9.17, 15) is 14.0 Å². The molecule has 1 aromatic carbocycles. The van der Waals surface area contributed by atoms with Crippen LogP contribution in [0.3, 0.4) is 0 Å². The zero-order chi connectivity index (χ0) is 17.3. The van der Waals surface area contributed by atoms with E-state index < -0.39 is 17.4 Å². The molecule has 1 aromatic rings. The van der Waals surface area contributed by atoms with Gasteiger partial charge in [0.05, 0.1) is 13.7 Å². The van der Waals surface area contributed by atoms with Crippen LogP contribution in [0.2, 0.25) is 0 Å². The lowest BCUT2D eigenvalue weighted by Crippen LogP contribution is -2.51. The van der Waals surface area contributed by atoms with Crippen LogP contribution in [0.5, 0.6) is 5.75 Å². The Bertz CT molecular complexity index is 658. The standard InChI is InChI=1S/C18H23FN2O3/c1-18(13-6-4-3-5-7-13)16(22)21(17(23)20-18)11-12-10-14(19)8-9-15(12)24-2/h8-10,13H,3-7,11H2,1-2H3,(H,20,23)/t18-/m0/s1. The number of hydrogen-bond acceptors (Lipinski definition) is 3. The first-order valence-corrected chi connectivity index (χ1v) is 8.42. The van der Waals surface area contributed by atoms with Crippen LogP contribution in [-0.2, 0) is 11.3 Å². The largest absolute Gasteiger partial charge is 0.496 e. The number of nitrogens with zero attached hydrogens (tertiary/aromatic N) is 1. The van der Waals surface area contributed by atoms with Crippen molar-refractivity contribution in [1.82, 2.24) is 10.2 Å². The lowest BCUT2D eigenvalue weighted by molar-refractivity contribution is -0.133. The number of ether oxygens (including phenoxy) is 1. The maximum atomic E-state index is 13.5. The fraction of sp³-hybridized carbons (Fsp3) is 0.556. The third-order valence-electron chi connectivity index (χ3n) is 5.29. The number of rotatable bonds is 4. The van der Waals surface area contributed by atoms with Crippen molar-refractivity contribution in [2.24, 2.45) is 5.92 Å². The minimum atomic E-state index is -0.863. The number of amides is 3. The lowest BCUT2D eigenvalue weighted by atomic mass is 9.75. The number of hydrogen-bond donors (Lipinski definition) is 1. The highest BCUT2D eigenvalue weighted by molar-refractivity contribution is 6.07. The Morgan fingerprint density at radius 3 is 2.67 bits per heavy atom. The average Bonchev–Trinajstić information content (AvgIpc) is 2.80. The van der Waals surface area contributed by atoms with E-state index in [0.29, 0.717) is 11.3 Å². The molecule has 2 aliphatic rings. The molecular formula is C18H23FN2O3. The molecular weight excluding hydrogens is 311 g/mol. The van der Waals surface area contributed by atoms with Gasteiger partial charge in [-0.25, -0.2) is 9.18 Å². The number of carbonyl (C=O) groups is 2. The molecule has 3 amide bonds. The van der Waals surface area contributed by atoms with Gasteiger partial charge in [0.15, 0.2) is 0 Å². The predicted octanol–water partition coefficient (Wildman–Crippen LogP) is 3.23. The minimum absolute atomic E-state index is 0.00785. The topological polar surface area (TPSA) is 58.6 Å². The molecule has 1 saturated heterocycles. The van der Waals surface area contributed by atoms with E-state index in [2.05, 4.69) is 5.32 Å². The molecule has 24 heavy (non-hydrogen) atoms. The first kappa shape index (κ1) is 16.7. The van der Waals surface area contributed by atoms with Crippen LogP contribution in [0.15, 0.2) is 18.2 Å². The molecule has 0 aromatic heterocycles. The predicted molar refractivity (Wildman–Crippen MR) is 87.0 cm³/mol. The van der Waals surface area contributed by atoms with E-state index in [0.717, 1.165) is 25.7 Å². The SMILES string of the molecule is COc1ccc(F)cc1CN1C(=O)N[C@@](C)(C2CCCCC2)C1=O. The first-order valence-electron chi connectivity index (χ1n) is 8.42. The smallest absolute Gasteiger partial charge is 0.325 e. The molecule has 1 atom stereocenters. The van der Waals surface area contributed by atoms with Crippen LogP contribution in [0.1, 0.15) is 44.6 Å². The average molecular weight is 334 g/mol. The van der Waals surface area contributed by atoms with Gasteiger partial charge in [0.2, 0.25) is 0 Å². The van der Waals surface area contributed by atoms with Crippen molar-refractivity contribution in [2.75, 3.05) is 7.11 Å². The fourth-order valence-electron chi connectivity index (χ4n) is 3.86. The normalized spacial score (nSPS) is 25.0. The monoisotopic (exact) mass is 334 g/mol. The van der Waals surface area contributed by atoms with E-state index in [1.807, 2.05) is 6.92 Å². The van der Waals surface area contributed by atoms with Crippen LogP contribution >= 0.6 is 0 Å². The maximum absolute atomic E-state index is 13.5. The zero-order valence-electron chi connectivity index (χ0n) is 14.1.